The highest BCUT2D eigenvalue weighted by Crippen LogP contribution is 2.28. The van der Waals surface area contributed by atoms with Gasteiger partial charge in [-0.05, 0) is 50.7 Å². The lowest BCUT2D eigenvalue weighted by Gasteiger charge is -2.10. The predicted octanol–water partition coefficient (Wildman–Crippen LogP) is 2.63. The number of aromatic nitrogens is 1. The number of nitrogens with one attached hydrogen (secondary N) is 2. The van der Waals surface area contributed by atoms with E-state index in [1.807, 2.05) is 13.1 Å². The standard InChI is InChI=1S/C14H18ClN3O2S/c1-16-8-2-3-10-21(19,20)18-13-7-6-12(15)11-5-4-9-17-14(11)13/h4-7,9,16,18H,2-3,8,10H2,1H3. The molecule has 2 N–H and O–H groups in total. The van der Waals surface area contributed by atoms with Gasteiger partial charge in [0.05, 0.1) is 22.0 Å². The minimum absolute atomic E-state index is 0.0889. The van der Waals surface area contributed by atoms with Crippen molar-refractivity contribution in [3.8, 4) is 0 Å². The van der Waals surface area contributed by atoms with Crippen LogP contribution in [0.2, 0.25) is 5.02 Å². The van der Waals surface area contributed by atoms with Crippen LogP contribution in [0.4, 0.5) is 5.69 Å². The smallest absolute Gasteiger partial charge is 0.232 e. The van der Waals surface area contributed by atoms with E-state index in [4.69, 9.17) is 11.6 Å². The number of unbranched alkanes of at least 4 members (excludes halogenated alkanes) is 1. The zero-order valence-electron chi connectivity index (χ0n) is 11.8. The van der Waals surface area contributed by atoms with Crippen molar-refractivity contribution < 1.29 is 8.42 Å². The number of sulfonamides is 1. The van der Waals surface area contributed by atoms with Gasteiger partial charge in [-0.3, -0.25) is 9.71 Å². The first kappa shape index (κ1) is 16.0. The van der Waals surface area contributed by atoms with Crippen LogP contribution in [0, 0.1) is 0 Å². The monoisotopic (exact) mass is 327 g/mol. The van der Waals surface area contributed by atoms with Crippen molar-refractivity contribution in [1.82, 2.24) is 10.3 Å². The van der Waals surface area contributed by atoms with Crippen molar-refractivity contribution in [2.24, 2.45) is 0 Å². The lowest BCUT2D eigenvalue weighted by molar-refractivity contribution is 0.595. The van der Waals surface area contributed by atoms with Crippen LogP contribution in [0.5, 0.6) is 0 Å². The van der Waals surface area contributed by atoms with Gasteiger partial charge in [0.2, 0.25) is 10.0 Å². The van der Waals surface area contributed by atoms with Gasteiger partial charge in [0.1, 0.15) is 0 Å². The predicted molar refractivity (Wildman–Crippen MR) is 87.3 cm³/mol. The molecule has 5 nitrogen and oxygen atoms in total. The molecule has 1 aromatic heterocycles. The summed E-state index contributed by atoms with van der Waals surface area (Å²) in [4.78, 5) is 4.21. The first-order valence-corrected chi connectivity index (χ1v) is 8.75. The second kappa shape index (κ2) is 7.06. The van der Waals surface area contributed by atoms with Gasteiger partial charge in [0, 0.05) is 11.6 Å². The Balaban J connectivity index is 2.18. The fourth-order valence-corrected chi connectivity index (χ4v) is 3.43. The van der Waals surface area contributed by atoms with Crippen LogP contribution < -0.4 is 10.0 Å². The molecule has 0 saturated heterocycles. The van der Waals surface area contributed by atoms with Crippen molar-refractivity contribution in [3.05, 3.63) is 35.5 Å². The average Bonchev–Trinajstić information content (AvgIpc) is 2.47. The SMILES string of the molecule is CNCCCCS(=O)(=O)Nc1ccc(Cl)c2cccnc12. The molecule has 0 bridgehead atoms. The fraction of sp³-hybridized carbons (Fsp3) is 0.357. The number of halogens is 1. The van der Waals surface area contributed by atoms with Crippen LogP contribution in [0.1, 0.15) is 12.8 Å². The molecule has 0 fully saturated rings. The molecule has 21 heavy (non-hydrogen) atoms. The Morgan fingerprint density at radius 1 is 1.24 bits per heavy atom. The Kier molecular flexibility index (Phi) is 5.39. The maximum absolute atomic E-state index is 12.1. The summed E-state index contributed by atoms with van der Waals surface area (Å²) in [5, 5.41) is 4.28. The van der Waals surface area contributed by atoms with Crippen molar-refractivity contribution in [2.45, 2.75) is 12.8 Å². The third-order valence-electron chi connectivity index (χ3n) is 3.07. The number of anilines is 1. The number of nitrogens with zero attached hydrogens (tertiary/aromatic N) is 1. The zero-order chi connectivity index (χ0) is 15.3. The van der Waals surface area contributed by atoms with Gasteiger partial charge in [-0.15, -0.1) is 0 Å². The molecule has 1 aromatic carbocycles. The van der Waals surface area contributed by atoms with Crippen molar-refractivity contribution >= 4 is 38.2 Å². The number of benzene rings is 1. The van der Waals surface area contributed by atoms with Crippen LogP contribution in [0.25, 0.3) is 10.9 Å². The molecule has 0 atom stereocenters. The molecule has 0 spiro atoms. The van der Waals surface area contributed by atoms with E-state index in [1.165, 1.54) is 0 Å². The van der Waals surface area contributed by atoms with Crippen molar-refractivity contribution in [2.75, 3.05) is 24.1 Å². The van der Waals surface area contributed by atoms with Crippen LogP contribution in [-0.2, 0) is 10.0 Å². The quantitative estimate of drug-likeness (QED) is 0.767. The number of hydrogen-bond donors (Lipinski definition) is 2. The molecule has 0 amide bonds. The number of fused-ring (bicyclic) bond motifs is 1. The minimum Gasteiger partial charge on any atom is -0.320 e. The van der Waals surface area contributed by atoms with E-state index in [2.05, 4.69) is 15.0 Å². The highest BCUT2D eigenvalue weighted by Gasteiger charge is 2.13. The maximum atomic E-state index is 12.1. The summed E-state index contributed by atoms with van der Waals surface area (Å²) in [6.07, 6.45) is 3.04. The first-order chi connectivity index (χ1) is 10.0. The average molecular weight is 328 g/mol. The summed E-state index contributed by atoms with van der Waals surface area (Å²) in [6.45, 7) is 0.806. The Labute approximate surface area is 129 Å². The largest absolute Gasteiger partial charge is 0.320 e. The molecule has 2 rings (SSSR count). The van der Waals surface area contributed by atoms with Crippen molar-refractivity contribution in [3.63, 3.8) is 0 Å². The van der Waals surface area contributed by atoms with Gasteiger partial charge >= 0.3 is 0 Å². The van der Waals surface area contributed by atoms with Crippen LogP contribution in [-0.4, -0.2) is 32.7 Å². The topological polar surface area (TPSA) is 71.1 Å². The van der Waals surface area contributed by atoms with E-state index < -0.39 is 10.0 Å². The molecule has 0 radical (unpaired) electrons. The van der Waals surface area contributed by atoms with Crippen LogP contribution >= 0.6 is 11.6 Å². The third kappa shape index (κ3) is 4.30. The highest BCUT2D eigenvalue weighted by atomic mass is 35.5. The molecule has 0 aliphatic rings. The van der Waals surface area contributed by atoms with Gasteiger partial charge in [0.25, 0.3) is 0 Å². The second-order valence-electron chi connectivity index (χ2n) is 4.73. The number of rotatable bonds is 7. The molecule has 1 heterocycles. The Morgan fingerprint density at radius 2 is 2.05 bits per heavy atom. The van der Waals surface area contributed by atoms with Crippen molar-refractivity contribution in [1.29, 1.82) is 0 Å². The summed E-state index contributed by atoms with van der Waals surface area (Å²) >= 11 is 6.09. The van der Waals surface area contributed by atoms with E-state index >= 15 is 0 Å². The molecule has 0 aliphatic heterocycles. The van der Waals surface area contributed by atoms with E-state index in [0.29, 0.717) is 22.6 Å². The Bertz CT molecular complexity index is 719. The Morgan fingerprint density at radius 3 is 2.81 bits per heavy atom. The minimum atomic E-state index is -3.38. The highest BCUT2D eigenvalue weighted by molar-refractivity contribution is 7.92. The molecular formula is C14H18ClN3O2S. The summed E-state index contributed by atoms with van der Waals surface area (Å²) in [7, 11) is -1.53. The van der Waals surface area contributed by atoms with Crippen LogP contribution in [0.3, 0.4) is 0 Å². The molecular weight excluding hydrogens is 310 g/mol. The Hall–Kier alpha value is -1.37. The van der Waals surface area contributed by atoms with E-state index in [-0.39, 0.29) is 5.75 Å². The third-order valence-corrected chi connectivity index (χ3v) is 4.76. The fourth-order valence-electron chi connectivity index (χ4n) is 2.03. The lowest BCUT2D eigenvalue weighted by Crippen LogP contribution is -2.18. The lowest BCUT2D eigenvalue weighted by atomic mass is 10.2. The molecule has 0 aliphatic carbocycles. The second-order valence-corrected chi connectivity index (χ2v) is 6.98. The molecule has 0 saturated carbocycles. The zero-order valence-corrected chi connectivity index (χ0v) is 13.3. The summed E-state index contributed by atoms with van der Waals surface area (Å²) in [5.74, 6) is 0.0889. The molecule has 7 heteroatoms. The summed E-state index contributed by atoms with van der Waals surface area (Å²) < 4.78 is 26.8. The number of pyridine rings is 1. The van der Waals surface area contributed by atoms with Gasteiger partial charge in [-0.1, -0.05) is 11.6 Å². The first-order valence-electron chi connectivity index (χ1n) is 6.72. The van der Waals surface area contributed by atoms with Gasteiger partial charge in [0.15, 0.2) is 0 Å². The van der Waals surface area contributed by atoms with E-state index in [9.17, 15) is 8.42 Å². The van der Waals surface area contributed by atoms with E-state index in [0.717, 1.165) is 18.4 Å². The van der Waals surface area contributed by atoms with Gasteiger partial charge in [-0.2, -0.15) is 0 Å². The van der Waals surface area contributed by atoms with E-state index in [1.54, 1.807) is 24.4 Å². The summed E-state index contributed by atoms with van der Waals surface area (Å²) in [6, 6.07) is 6.90. The molecule has 2 aromatic rings. The van der Waals surface area contributed by atoms with Gasteiger partial charge < -0.3 is 5.32 Å². The molecule has 0 unspecified atom stereocenters. The van der Waals surface area contributed by atoms with Gasteiger partial charge in [-0.25, -0.2) is 8.42 Å². The van der Waals surface area contributed by atoms with Crippen LogP contribution in [0.15, 0.2) is 30.5 Å². The summed E-state index contributed by atoms with van der Waals surface area (Å²) in [5.41, 5.74) is 1.02. The normalized spacial score (nSPS) is 11.7. The maximum Gasteiger partial charge on any atom is 0.232 e. The molecule has 114 valence electrons. The number of hydrogen-bond acceptors (Lipinski definition) is 4.